The van der Waals surface area contributed by atoms with E-state index in [1.165, 1.54) is 31.7 Å². The van der Waals surface area contributed by atoms with Crippen LogP contribution < -0.4 is 14.8 Å². The summed E-state index contributed by atoms with van der Waals surface area (Å²) in [5, 5.41) is 3.51. The van der Waals surface area contributed by atoms with Crippen molar-refractivity contribution in [2.45, 2.75) is 6.54 Å². The number of halogens is 1. The summed E-state index contributed by atoms with van der Waals surface area (Å²) in [6, 6.07) is 4.15. The molecule has 116 valence electrons. The van der Waals surface area contributed by atoms with E-state index in [4.69, 9.17) is 9.47 Å². The van der Waals surface area contributed by atoms with Crippen LogP contribution in [0.15, 0.2) is 16.6 Å². The monoisotopic (exact) mass is 355 g/mol. The Hall–Kier alpha value is -0.820. The highest BCUT2D eigenvalue weighted by Gasteiger charge is 2.18. The molecule has 1 fully saturated rings. The first-order valence-electron chi connectivity index (χ1n) is 7.42. The van der Waals surface area contributed by atoms with Crippen molar-refractivity contribution < 1.29 is 9.47 Å². The molecular weight excluding hydrogens is 334 g/mol. The van der Waals surface area contributed by atoms with Crippen LogP contribution in [0, 0.1) is 0 Å². The minimum atomic E-state index is 0.314. The molecule has 1 N–H and O–H groups in total. The molecule has 0 aromatic heterocycles. The Morgan fingerprint density at radius 1 is 1.19 bits per heavy atom. The first-order chi connectivity index (χ1) is 10.2. The van der Waals surface area contributed by atoms with Crippen LogP contribution in [0.2, 0.25) is 0 Å². The van der Waals surface area contributed by atoms with E-state index in [1.54, 1.807) is 0 Å². The Labute approximate surface area is 134 Å². The summed E-state index contributed by atoms with van der Waals surface area (Å²) in [5.41, 5.74) is 1.21. The van der Waals surface area contributed by atoms with Gasteiger partial charge in [0.05, 0.1) is 4.47 Å². The smallest absolute Gasteiger partial charge is 0.231 e. The predicted molar refractivity (Wildman–Crippen MR) is 85.9 cm³/mol. The minimum absolute atomic E-state index is 0.314. The fourth-order valence-corrected chi connectivity index (χ4v) is 3.27. The van der Waals surface area contributed by atoms with Crippen molar-refractivity contribution in [3.8, 4) is 11.5 Å². The van der Waals surface area contributed by atoms with Crippen LogP contribution in [0.25, 0.3) is 0 Å². The van der Waals surface area contributed by atoms with Gasteiger partial charge in [0.25, 0.3) is 0 Å². The maximum absolute atomic E-state index is 5.44. The standard InChI is InChI=1S/C15H22BrN3O2/c1-18-4-6-19(7-5-18)3-2-17-10-12-8-13(16)15-14(9-12)20-11-21-15/h8-9,17H,2-7,10-11H2,1H3. The molecule has 1 aromatic rings. The van der Waals surface area contributed by atoms with Gasteiger partial charge in [-0.25, -0.2) is 0 Å². The van der Waals surface area contributed by atoms with Gasteiger partial charge >= 0.3 is 0 Å². The molecule has 0 atom stereocenters. The van der Waals surface area contributed by atoms with Crippen molar-refractivity contribution in [1.82, 2.24) is 15.1 Å². The van der Waals surface area contributed by atoms with Crippen LogP contribution in [0.5, 0.6) is 11.5 Å². The lowest BCUT2D eigenvalue weighted by molar-refractivity contribution is 0.154. The van der Waals surface area contributed by atoms with Crippen molar-refractivity contribution in [3.63, 3.8) is 0 Å². The Kier molecular flexibility index (Phi) is 5.00. The van der Waals surface area contributed by atoms with E-state index >= 15 is 0 Å². The fraction of sp³-hybridized carbons (Fsp3) is 0.600. The van der Waals surface area contributed by atoms with Gasteiger partial charge in [0.15, 0.2) is 11.5 Å². The number of hydrogen-bond acceptors (Lipinski definition) is 5. The zero-order valence-electron chi connectivity index (χ0n) is 12.4. The van der Waals surface area contributed by atoms with Crippen molar-refractivity contribution in [3.05, 3.63) is 22.2 Å². The van der Waals surface area contributed by atoms with Gasteiger partial charge in [0.2, 0.25) is 6.79 Å². The first kappa shape index (κ1) is 15.1. The lowest BCUT2D eigenvalue weighted by atomic mass is 10.2. The van der Waals surface area contributed by atoms with E-state index in [2.05, 4.69) is 50.2 Å². The number of fused-ring (bicyclic) bond motifs is 1. The molecule has 0 unspecified atom stereocenters. The normalized spacial score (nSPS) is 19.1. The number of piperazine rings is 1. The summed E-state index contributed by atoms with van der Waals surface area (Å²) >= 11 is 3.53. The first-order valence-corrected chi connectivity index (χ1v) is 8.21. The van der Waals surface area contributed by atoms with Gasteiger partial charge in [0.1, 0.15) is 0 Å². The van der Waals surface area contributed by atoms with E-state index < -0.39 is 0 Å². The molecule has 2 aliphatic rings. The fourth-order valence-electron chi connectivity index (χ4n) is 2.66. The summed E-state index contributed by atoms with van der Waals surface area (Å²) in [7, 11) is 2.19. The zero-order valence-corrected chi connectivity index (χ0v) is 14.0. The van der Waals surface area contributed by atoms with Crippen molar-refractivity contribution in [2.75, 3.05) is 53.1 Å². The summed E-state index contributed by atoms with van der Waals surface area (Å²) < 4.78 is 11.8. The second kappa shape index (κ2) is 6.96. The highest BCUT2D eigenvalue weighted by Crippen LogP contribution is 2.39. The molecule has 0 amide bonds. The third-order valence-electron chi connectivity index (χ3n) is 4.02. The SMILES string of the molecule is CN1CCN(CCNCc2cc(Br)c3c(c2)OCO3)CC1. The molecule has 0 aliphatic carbocycles. The number of hydrogen-bond donors (Lipinski definition) is 1. The Balaban J connectivity index is 1.42. The number of nitrogens with one attached hydrogen (secondary N) is 1. The Bertz CT molecular complexity index is 490. The molecule has 1 aromatic carbocycles. The van der Waals surface area contributed by atoms with Gasteiger partial charge in [-0.2, -0.15) is 0 Å². The van der Waals surface area contributed by atoms with Gasteiger partial charge in [-0.3, -0.25) is 4.90 Å². The van der Waals surface area contributed by atoms with Crippen LogP contribution in [-0.2, 0) is 6.54 Å². The number of rotatable bonds is 5. The van der Waals surface area contributed by atoms with Crippen LogP contribution in [-0.4, -0.2) is 62.9 Å². The molecule has 2 aliphatic heterocycles. The van der Waals surface area contributed by atoms with E-state index in [-0.39, 0.29) is 0 Å². The molecule has 0 saturated carbocycles. The van der Waals surface area contributed by atoms with Gasteiger partial charge in [-0.05, 0) is 40.7 Å². The Morgan fingerprint density at radius 3 is 2.81 bits per heavy atom. The van der Waals surface area contributed by atoms with Crippen molar-refractivity contribution in [1.29, 1.82) is 0 Å². The Morgan fingerprint density at radius 2 is 2.00 bits per heavy atom. The van der Waals surface area contributed by atoms with Gasteiger partial charge in [0, 0.05) is 45.8 Å². The molecule has 0 radical (unpaired) electrons. The second-order valence-electron chi connectivity index (χ2n) is 5.63. The van der Waals surface area contributed by atoms with E-state index in [0.717, 1.165) is 35.6 Å². The van der Waals surface area contributed by atoms with Crippen LogP contribution in [0.1, 0.15) is 5.56 Å². The number of nitrogens with zero attached hydrogens (tertiary/aromatic N) is 2. The van der Waals surface area contributed by atoms with Crippen LogP contribution >= 0.6 is 15.9 Å². The third kappa shape index (κ3) is 3.88. The van der Waals surface area contributed by atoms with Crippen LogP contribution in [0.4, 0.5) is 0 Å². The quantitative estimate of drug-likeness (QED) is 0.810. The third-order valence-corrected chi connectivity index (χ3v) is 4.61. The largest absolute Gasteiger partial charge is 0.454 e. The topological polar surface area (TPSA) is 37.0 Å². The van der Waals surface area contributed by atoms with E-state index in [1.807, 2.05) is 0 Å². The maximum Gasteiger partial charge on any atom is 0.231 e. The van der Waals surface area contributed by atoms with Gasteiger partial charge in [-0.15, -0.1) is 0 Å². The number of ether oxygens (including phenoxy) is 2. The molecule has 2 heterocycles. The zero-order chi connectivity index (χ0) is 14.7. The van der Waals surface area contributed by atoms with Crippen LogP contribution in [0.3, 0.4) is 0 Å². The minimum Gasteiger partial charge on any atom is -0.454 e. The lowest BCUT2D eigenvalue weighted by Crippen LogP contribution is -2.46. The van der Waals surface area contributed by atoms with E-state index in [0.29, 0.717) is 6.79 Å². The number of benzene rings is 1. The summed E-state index contributed by atoms with van der Waals surface area (Å²) in [6.45, 7) is 7.98. The molecule has 3 rings (SSSR count). The summed E-state index contributed by atoms with van der Waals surface area (Å²) in [5.74, 6) is 1.65. The summed E-state index contributed by atoms with van der Waals surface area (Å²) in [6.07, 6.45) is 0. The average Bonchev–Trinajstić information content (AvgIpc) is 2.94. The molecule has 5 nitrogen and oxygen atoms in total. The maximum atomic E-state index is 5.44. The molecule has 0 bridgehead atoms. The highest BCUT2D eigenvalue weighted by atomic mass is 79.9. The molecule has 21 heavy (non-hydrogen) atoms. The molecule has 0 spiro atoms. The van der Waals surface area contributed by atoms with Gasteiger partial charge < -0.3 is 19.7 Å². The molecular formula is C15H22BrN3O2. The highest BCUT2D eigenvalue weighted by molar-refractivity contribution is 9.10. The summed E-state index contributed by atoms with van der Waals surface area (Å²) in [4.78, 5) is 4.90. The molecule has 6 heteroatoms. The molecule has 1 saturated heterocycles. The number of likely N-dealkylation sites (N-methyl/N-ethyl adjacent to an activating group) is 1. The second-order valence-corrected chi connectivity index (χ2v) is 6.49. The lowest BCUT2D eigenvalue weighted by Gasteiger charge is -2.32. The average molecular weight is 356 g/mol. The van der Waals surface area contributed by atoms with Crippen molar-refractivity contribution in [2.24, 2.45) is 0 Å². The van der Waals surface area contributed by atoms with E-state index in [9.17, 15) is 0 Å². The predicted octanol–water partition coefficient (Wildman–Crippen LogP) is 1.51. The van der Waals surface area contributed by atoms with Gasteiger partial charge in [-0.1, -0.05) is 0 Å². The van der Waals surface area contributed by atoms with Crippen molar-refractivity contribution >= 4 is 15.9 Å².